The van der Waals surface area contributed by atoms with Gasteiger partial charge in [0.15, 0.2) is 5.75 Å². The SMILES string of the molecule is COc1c(Br)ccc2cc(CCl)sc12. The van der Waals surface area contributed by atoms with Crippen LogP contribution in [-0.4, -0.2) is 7.11 Å². The lowest BCUT2D eigenvalue weighted by atomic mass is 10.2. The minimum Gasteiger partial charge on any atom is -0.494 e. The Bertz CT molecular complexity index is 466. The third-order valence-electron chi connectivity index (χ3n) is 1.98. The Hall–Kier alpha value is -0.250. The zero-order valence-electron chi connectivity index (χ0n) is 7.51. The Morgan fingerprint density at radius 1 is 1.50 bits per heavy atom. The van der Waals surface area contributed by atoms with Gasteiger partial charge in [-0.25, -0.2) is 0 Å². The zero-order chi connectivity index (χ0) is 10.1. The third-order valence-corrected chi connectivity index (χ3v) is 4.20. The summed E-state index contributed by atoms with van der Waals surface area (Å²) in [7, 11) is 1.68. The molecule has 1 nitrogen and oxygen atoms in total. The van der Waals surface area contributed by atoms with Gasteiger partial charge in [-0.2, -0.15) is 0 Å². The van der Waals surface area contributed by atoms with Crippen LogP contribution in [0.3, 0.4) is 0 Å². The van der Waals surface area contributed by atoms with Crippen LogP contribution < -0.4 is 4.74 Å². The molecule has 1 aromatic heterocycles. The minimum absolute atomic E-state index is 0.556. The van der Waals surface area contributed by atoms with Crippen LogP contribution >= 0.6 is 38.9 Å². The molecule has 0 unspecified atom stereocenters. The van der Waals surface area contributed by atoms with Gasteiger partial charge < -0.3 is 4.74 Å². The van der Waals surface area contributed by atoms with E-state index in [4.69, 9.17) is 16.3 Å². The predicted molar refractivity (Wildman–Crippen MR) is 65.6 cm³/mol. The number of hydrogen-bond acceptors (Lipinski definition) is 2. The van der Waals surface area contributed by atoms with Gasteiger partial charge in [0.05, 0.1) is 22.2 Å². The molecule has 1 aromatic carbocycles. The molecule has 0 saturated carbocycles. The number of hydrogen-bond donors (Lipinski definition) is 0. The van der Waals surface area contributed by atoms with E-state index in [0.29, 0.717) is 5.88 Å². The first-order valence-electron chi connectivity index (χ1n) is 4.07. The monoisotopic (exact) mass is 290 g/mol. The maximum Gasteiger partial charge on any atom is 0.150 e. The van der Waals surface area contributed by atoms with Gasteiger partial charge in [-0.05, 0) is 33.4 Å². The molecular formula is C10H8BrClOS. The largest absolute Gasteiger partial charge is 0.494 e. The van der Waals surface area contributed by atoms with Gasteiger partial charge in [0.2, 0.25) is 0 Å². The van der Waals surface area contributed by atoms with Crippen LogP contribution in [0.5, 0.6) is 5.75 Å². The molecular weight excluding hydrogens is 284 g/mol. The second-order valence-corrected chi connectivity index (χ2v) is 5.10. The lowest BCUT2D eigenvalue weighted by molar-refractivity contribution is 0.418. The summed E-state index contributed by atoms with van der Waals surface area (Å²) in [5.74, 6) is 1.45. The van der Waals surface area contributed by atoms with Crippen molar-refractivity contribution in [2.24, 2.45) is 0 Å². The third kappa shape index (κ3) is 1.64. The van der Waals surface area contributed by atoms with Gasteiger partial charge >= 0.3 is 0 Å². The molecule has 0 aliphatic rings. The molecule has 0 aliphatic carbocycles. The molecule has 0 spiro atoms. The number of methoxy groups -OCH3 is 1. The summed E-state index contributed by atoms with van der Waals surface area (Å²) in [5.41, 5.74) is 0. The molecule has 0 N–H and O–H groups in total. The van der Waals surface area contributed by atoms with Crippen molar-refractivity contribution in [1.82, 2.24) is 0 Å². The molecule has 0 atom stereocenters. The fourth-order valence-electron chi connectivity index (χ4n) is 1.36. The average Bonchev–Trinajstić information content (AvgIpc) is 2.60. The highest BCUT2D eigenvalue weighted by Gasteiger charge is 2.09. The van der Waals surface area contributed by atoms with Crippen LogP contribution in [-0.2, 0) is 5.88 Å². The van der Waals surface area contributed by atoms with Gasteiger partial charge in [0.1, 0.15) is 0 Å². The van der Waals surface area contributed by atoms with Crippen molar-refractivity contribution in [3.8, 4) is 5.75 Å². The molecule has 0 amide bonds. The average molecular weight is 292 g/mol. The van der Waals surface area contributed by atoms with E-state index >= 15 is 0 Å². The Kier molecular flexibility index (Phi) is 3.00. The maximum atomic E-state index is 5.79. The van der Waals surface area contributed by atoms with Crippen LogP contribution in [0.25, 0.3) is 10.1 Å². The first-order chi connectivity index (χ1) is 6.76. The summed E-state index contributed by atoms with van der Waals surface area (Å²) in [6, 6.07) is 6.16. The molecule has 0 radical (unpaired) electrons. The van der Waals surface area contributed by atoms with Crippen molar-refractivity contribution in [3.05, 3.63) is 27.5 Å². The maximum absolute atomic E-state index is 5.79. The smallest absolute Gasteiger partial charge is 0.150 e. The van der Waals surface area contributed by atoms with Crippen LogP contribution in [0.1, 0.15) is 4.88 Å². The number of alkyl halides is 1. The van der Waals surface area contributed by atoms with E-state index in [1.165, 1.54) is 5.39 Å². The number of halogens is 2. The Morgan fingerprint density at radius 2 is 2.29 bits per heavy atom. The van der Waals surface area contributed by atoms with E-state index in [1.807, 2.05) is 6.07 Å². The highest BCUT2D eigenvalue weighted by atomic mass is 79.9. The van der Waals surface area contributed by atoms with Crippen molar-refractivity contribution in [2.45, 2.75) is 5.88 Å². The van der Waals surface area contributed by atoms with Crippen molar-refractivity contribution in [1.29, 1.82) is 0 Å². The zero-order valence-corrected chi connectivity index (χ0v) is 10.7. The summed E-state index contributed by atoms with van der Waals surface area (Å²) in [6.07, 6.45) is 0. The lowest BCUT2D eigenvalue weighted by Crippen LogP contribution is -1.83. The summed E-state index contributed by atoms with van der Waals surface area (Å²) in [4.78, 5) is 1.16. The van der Waals surface area contributed by atoms with Crippen molar-refractivity contribution >= 4 is 49.0 Å². The number of thiophene rings is 1. The summed E-state index contributed by atoms with van der Waals surface area (Å²) >= 11 is 10.9. The summed E-state index contributed by atoms with van der Waals surface area (Å²) < 4.78 is 7.47. The van der Waals surface area contributed by atoms with Crippen molar-refractivity contribution < 1.29 is 4.74 Å². The van der Waals surface area contributed by atoms with E-state index in [-0.39, 0.29) is 0 Å². The van der Waals surface area contributed by atoms with Crippen molar-refractivity contribution in [2.75, 3.05) is 7.11 Å². The standard InChI is InChI=1S/C10H8BrClOS/c1-13-9-8(11)3-2-6-4-7(5-12)14-10(6)9/h2-4H,5H2,1H3. The number of benzene rings is 1. The first-order valence-corrected chi connectivity index (χ1v) is 6.21. The molecule has 2 rings (SSSR count). The fourth-order valence-corrected chi connectivity index (χ4v) is 3.26. The molecule has 0 saturated heterocycles. The highest BCUT2D eigenvalue weighted by molar-refractivity contribution is 9.10. The molecule has 4 heteroatoms. The molecule has 0 aliphatic heterocycles. The van der Waals surface area contributed by atoms with Crippen LogP contribution in [0.4, 0.5) is 0 Å². The predicted octanol–water partition coefficient (Wildman–Crippen LogP) is 4.41. The second kappa shape index (κ2) is 4.09. The van der Waals surface area contributed by atoms with Gasteiger partial charge in [-0.1, -0.05) is 6.07 Å². The summed E-state index contributed by atoms with van der Waals surface area (Å²) in [5, 5.41) is 1.19. The van der Waals surface area contributed by atoms with E-state index < -0.39 is 0 Å². The van der Waals surface area contributed by atoms with Crippen LogP contribution in [0, 0.1) is 0 Å². The van der Waals surface area contributed by atoms with E-state index in [1.54, 1.807) is 18.4 Å². The molecule has 14 heavy (non-hydrogen) atoms. The molecule has 0 bridgehead atoms. The highest BCUT2D eigenvalue weighted by Crippen LogP contribution is 2.39. The van der Waals surface area contributed by atoms with E-state index in [9.17, 15) is 0 Å². The van der Waals surface area contributed by atoms with Crippen LogP contribution in [0.15, 0.2) is 22.7 Å². The molecule has 0 fully saturated rings. The van der Waals surface area contributed by atoms with E-state index in [2.05, 4.69) is 28.1 Å². The quantitative estimate of drug-likeness (QED) is 0.745. The van der Waals surface area contributed by atoms with Gasteiger partial charge in [0.25, 0.3) is 0 Å². The second-order valence-electron chi connectivity index (χ2n) is 2.85. The molecule has 74 valence electrons. The van der Waals surface area contributed by atoms with Crippen LogP contribution in [0.2, 0.25) is 0 Å². The first kappa shape index (κ1) is 10.3. The van der Waals surface area contributed by atoms with Gasteiger partial charge in [-0.3, -0.25) is 0 Å². The Balaban J connectivity index is 2.73. The van der Waals surface area contributed by atoms with Crippen molar-refractivity contribution in [3.63, 3.8) is 0 Å². The van der Waals surface area contributed by atoms with Gasteiger partial charge in [0, 0.05) is 4.88 Å². The number of rotatable bonds is 2. The topological polar surface area (TPSA) is 9.23 Å². The number of ether oxygens (including phenoxy) is 1. The minimum atomic E-state index is 0.556. The lowest BCUT2D eigenvalue weighted by Gasteiger charge is -2.03. The van der Waals surface area contributed by atoms with Gasteiger partial charge in [-0.15, -0.1) is 22.9 Å². The normalized spacial score (nSPS) is 10.8. The Labute approximate surface area is 99.8 Å². The fraction of sp³-hybridized carbons (Fsp3) is 0.200. The molecule has 2 aromatic rings. The number of fused-ring (bicyclic) bond motifs is 1. The van der Waals surface area contributed by atoms with E-state index in [0.717, 1.165) is 19.8 Å². The Morgan fingerprint density at radius 3 is 2.93 bits per heavy atom. The summed E-state index contributed by atoms with van der Waals surface area (Å²) in [6.45, 7) is 0. The molecule has 1 heterocycles.